The molecule has 0 saturated heterocycles. The molecule has 0 heterocycles. The Morgan fingerprint density at radius 1 is 0.929 bits per heavy atom. The molecule has 0 saturated carbocycles. The van der Waals surface area contributed by atoms with E-state index in [4.69, 9.17) is 9.47 Å². The molecule has 1 atom stereocenters. The molecule has 1 N–H and O–H groups in total. The summed E-state index contributed by atoms with van der Waals surface area (Å²) in [6, 6.07) is 17.2. The van der Waals surface area contributed by atoms with Crippen molar-refractivity contribution in [1.82, 2.24) is 10.2 Å². The molecule has 0 aliphatic carbocycles. The van der Waals surface area contributed by atoms with E-state index in [0.29, 0.717) is 18.7 Å². The fourth-order valence-corrected chi connectivity index (χ4v) is 5.79. The van der Waals surface area contributed by atoms with Gasteiger partial charge in [0.2, 0.25) is 11.8 Å². The molecule has 1 unspecified atom stereocenters. The number of nitrogens with one attached hydrogen (secondary N) is 1. The molecular weight excluding hydrogens is 561 g/mol. The van der Waals surface area contributed by atoms with Crippen LogP contribution < -0.4 is 19.1 Å². The Bertz CT molecular complexity index is 1450. The van der Waals surface area contributed by atoms with Gasteiger partial charge < -0.3 is 19.7 Å². The zero-order valence-electron chi connectivity index (χ0n) is 24.5. The minimum atomic E-state index is -4.37. The highest BCUT2D eigenvalue weighted by Gasteiger charge is 2.34. The number of halogens is 1. The summed E-state index contributed by atoms with van der Waals surface area (Å²) in [6.45, 7) is 5.60. The van der Waals surface area contributed by atoms with Gasteiger partial charge in [-0.15, -0.1) is 0 Å². The fourth-order valence-electron chi connectivity index (χ4n) is 4.36. The summed E-state index contributed by atoms with van der Waals surface area (Å²) in [7, 11) is -1.56. The zero-order valence-corrected chi connectivity index (χ0v) is 25.4. The van der Waals surface area contributed by atoms with Crippen LogP contribution in [-0.4, -0.2) is 58.5 Å². The number of ether oxygens (including phenoxy) is 2. The lowest BCUT2D eigenvalue weighted by Gasteiger charge is -2.33. The van der Waals surface area contributed by atoms with Gasteiger partial charge in [0, 0.05) is 19.2 Å². The molecule has 0 aromatic heterocycles. The van der Waals surface area contributed by atoms with Crippen molar-refractivity contribution in [3.05, 3.63) is 84.2 Å². The first-order valence-corrected chi connectivity index (χ1v) is 15.1. The van der Waals surface area contributed by atoms with Crippen molar-refractivity contribution in [2.24, 2.45) is 5.92 Å². The second kappa shape index (κ2) is 14.7. The monoisotopic (exact) mass is 599 g/mol. The Morgan fingerprint density at radius 2 is 1.57 bits per heavy atom. The van der Waals surface area contributed by atoms with Crippen LogP contribution in [0.4, 0.5) is 10.1 Å². The van der Waals surface area contributed by atoms with E-state index in [1.54, 1.807) is 6.92 Å². The molecule has 0 bridgehead atoms. The van der Waals surface area contributed by atoms with Gasteiger partial charge in [0.25, 0.3) is 10.0 Å². The Hall–Kier alpha value is -4.12. The predicted molar refractivity (Wildman–Crippen MR) is 159 cm³/mol. The van der Waals surface area contributed by atoms with Gasteiger partial charge in [-0.2, -0.15) is 0 Å². The van der Waals surface area contributed by atoms with Crippen LogP contribution in [0.25, 0.3) is 0 Å². The molecule has 0 fully saturated rings. The van der Waals surface area contributed by atoms with E-state index in [1.165, 1.54) is 49.5 Å². The molecule has 42 heavy (non-hydrogen) atoms. The topological polar surface area (TPSA) is 105 Å². The lowest BCUT2D eigenvalue weighted by Crippen LogP contribution is -2.52. The summed E-state index contributed by atoms with van der Waals surface area (Å²) in [5.41, 5.74) is 0.855. The predicted octanol–water partition coefficient (Wildman–Crippen LogP) is 4.62. The van der Waals surface area contributed by atoms with Gasteiger partial charge in [0.1, 0.15) is 18.4 Å². The quantitative estimate of drug-likeness (QED) is 0.290. The molecule has 3 aromatic carbocycles. The molecule has 9 nitrogen and oxygen atoms in total. The van der Waals surface area contributed by atoms with E-state index in [1.807, 2.05) is 44.2 Å². The van der Waals surface area contributed by atoms with Gasteiger partial charge in [-0.25, -0.2) is 12.8 Å². The number of carbonyl (C=O) groups is 2. The third-order valence-electron chi connectivity index (χ3n) is 6.60. The molecule has 0 aliphatic heterocycles. The van der Waals surface area contributed by atoms with Crippen LogP contribution in [0.3, 0.4) is 0 Å². The van der Waals surface area contributed by atoms with Crippen LogP contribution in [0.15, 0.2) is 77.7 Å². The molecule has 2 amide bonds. The maximum atomic E-state index is 14.1. The summed E-state index contributed by atoms with van der Waals surface area (Å²) < 4.78 is 53.4. The van der Waals surface area contributed by atoms with Crippen LogP contribution in [0.2, 0.25) is 0 Å². The lowest BCUT2D eigenvalue weighted by atomic mass is 10.1. The highest BCUT2D eigenvalue weighted by molar-refractivity contribution is 7.92. The van der Waals surface area contributed by atoms with Crippen LogP contribution in [0.1, 0.15) is 32.8 Å². The SMILES string of the molecule is CCC(C(=O)NCC(C)C)N(Cc1ccccc1)C(=O)CN(c1ccc(F)cc1)S(=O)(=O)c1ccc(OC)c(OC)c1. The number of benzene rings is 3. The lowest BCUT2D eigenvalue weighted by molar-refractivity contribution is -0.140. The molecule has 0 aliphatic rings. The van der Waals surface area contributed by atoms with E-state index < -0.39 is 34.3 Å². The second-order valence-electron chi connectivity index (χ2n) is 10.1. The van der Waals surface area contributed by atoms with Crippen LogP contribution in [0.5, 0.6) is 11.5 Å². The number of hydrogen-bond acceptors (Lipinski definition) is 6. The Kier molecular flexibility index (Phi) is 11.3. The first-order chi connectivity index (χ1) is 20.0. The molecule has 226 valence electrons. The van der Waals surface area contributed by atoms with Crippen molar-refractivity contribution in [2.45, 2.75) is 44.7 Å². The maximum Gasteiger partial charge on any atom is 0.264 e. The van der Waals surface area contributed by atoms with Gasteiger partial charge in [-0.1, -0.05) is 51.1 Å². The fraction of sp³-hybridized carbons (Fsp3) is 0.355. The average molecular weight is 600 g/mol. The van der Waals surface area contributed by atoms with Gasteiger partial charge in [-0.3, -0.25) is 13.9 Å². The van der Waals surface area contributed by atoms with Gasteiger partial charge in [0.15, 0.2) is 11.5 Å². The van der Waals surface area contributed by atoms with Gasteiger partial charge in [0.05, 0.1) is 24.8 Å². The first kappa shape index (κ1) is 32.4. The van der Waals surface area contributed by atoms with Crippen molar-refractivity contribution >= 4 is 27.5 Å². The molecule has 3 rings (SSSR count). The zero-order chi connectivity index (χ0) is 30.9. The van der Waals surface area contributed by atoms with E-state index in [2.05, 4.69) is 5.32 Å². The molecular formula is C31H38FN3O6S. The van der Waals surface area contributed by atoms with Crippen LogP contribution in [0, 0.1) is 11.7 Å². The minimum absolute atomic E-state index is 0.0801. The standard InChI is InChI=1S/C31H38FN3O6S/c1-6-27(31(37)33-19-22(2)3)34(20-23-10-8-7-9-11-23)30(36)21-35(25-14-12-24(32)13-15-25)42(38,39)26-16-17-28(40-4)29(18-26)41-5/h7-18,22,27H,6,19-21H2,1-5H3,(H,33,37). The largest absolute Gasteiger partial charge is 0.493 e. The van der Waals surface area contributed by atoms with E-state index in [0.717, 1.165) is 22.0 Å². The summed E-state index contributed by atoms with van der Waals surface area (Å²) >= 11 is 0. The smallest absolute Gasteiger partial charge is 0.264 e. The third kappa shape index (κ3) is 8.00. The summed E-state index contributed by atoms with van der Waals surface area (Å²) in [6.07, 6.45) is 0.307. The number of amides is 2. The maximum absolute atomic E-state index is 14.1. The average Bonchev–Trinajstić information content (AvgIpc) is 2.99. The summed E-state index contributed by atoms with van der Waals surface area (Å²) in [5.74, 6) is -0.779. The normalized spacial score (nSPS) is 12.0. The van der Waals surface area contributed by atoms with Crippen molar-refractivity contribution in [3.8, 4) is 11.5 Å². The van der Waals surface area contributed by atoms with E-state index in [9.17, 15) is 22.4 Å². The number of hydrogen-bond donors (Lipinski definition) is 1. The van der Waals surface area contributed by atoms with Gasteiger partial charge in [-0.05, 0) is 54.3 Å². The minimum Gasteiger partial charge on any atom is -0.493 e. The van der Waals surface area contributed by atoms with Crippen molar-refractivity contribution in [1.29, 1.82) is 0 Å². The van der Waals surface area contributed by atoms with E-state index in [-0.39, 0.29) is 34.7 Å². The Balaban J connectivity index is 2.07. The number of anilines is 1. The van der Waals surface area contributed by atoms with E-state index >= 15 is 0 Å². The van der Waals surface area contributed by atoms with Crippen LogP contribution >= 0.6 is 0 Å². The third-order valence-corrected chi connectivity index (χ3v) is 8.37. The molecule has 3 aromatic rings. The van der Waals surface area contributed by atoms with Crippen molar-refractivity contribution in [3.63, 3.8) is 0 Å². The van der Waals surface area contributed by atoms with Gasteiger partial charge >= 0.3 is 0 Å². The number of rotatable bonds is 14. The number of carbonyl (C=O) groups excluding carboxylic acids is 2. The molecule has 0 radical (unpaired) electrons. The molecule has 0 spiro atoms. The highest BCUT2D eigenvalue weighted by atomic mass is 32.2. The van der Waals surface area contributed by atoms with Crippen LogP contribution in [-0.2, 0) is 26.2 Å². The second-order valence-corrected chi connectivity index (χ2v) is 11.9. The first-order valence-electron chi connectivity index (χ1n) is 13.6. The van der Waals surface area contributed by atoms with Crippen molar-refractivity contribution < 1.29 is 31.9 Å². The highest BCUT2D eigenvalue weighted by Crippen LogP contribution is 2.32. The summed E-state index contributed by atoms with van der Waals surface area (Å²) in [4.78, 5) is 28.6. The number of methoxy groups -OCH3 is 2. The van der Waals surface area contributed by atoms with Crippen molar-refractivity contribution in [2.75, 3.05) is 31.6 Å². The Labute approximate surface area is 247 Å². The number of sulfonamides is 1. The summed E-state index contributed by atoms with van der Waals surface area (Å²) in [5, 5.41) is 2.89. The Morgan fingerprint density at radius 3 is 2.14 bits per heavy atom. The molecule has 11 heteroatoms. The number of nitrogens with zero attached hydrogens (tertiary/aromatic N) is 2.